The van der Waals surface area contributed by atoms with Crippen LogP contribution in [0.5, 0.6) is 11.5 Å². The SMILES string of the molecule is CC1=CSCN1c1cc(Oc2cccc3ccccc23)ccn1. The molecule has 2 heterocycles. The van der Waals surface area contributed by atoms with Crippen molar-refractivity contribution in [3.05, 3.63) is 71.9 Å². The second kappa shape index (κ2) is 5.97. The van der Waals surface area contributed by atoms with Gasteiger partial charge in [-0.1, -0.05) is 36.4 Å². The van der Waals surface area contributed by atoms with E-state index in [9.17, 15) is 0 Å². The summed E-state index contributed by atoms with van der Waals surface area (Å²) in [5, 5.41) is 4.44. The van der Waals surface area contributed by atoms with Crippen LogP contribution in [0.25, 0.3) is 10.8 Å². The largest absolute Gasteiger partial charge is 0.457 e. The van der Waals surface area contributed by atoms with Crippen LogP contribution in [0.15, 0.2) is 71.9 Å². The van der Waals surface area contributed by atoms with Gasteiger partial charge in [0.05, 0.1) is 5.88 Å². The van der Waals surface area contributed by atoms with Gasteiger partial charge in [-0.15, -0.1) is 11.8 Å². The number of fused-ring (bicyclic) bond motifs is 1. The van der Waals surface area contributed by atoms with Crippen LogP contribution in [0.3, 0.4) is 0 Å². The number of hydrogen-bond donors (Lipinski definition) is 0. The summed E-state index contributed by atoms with van der Waals surface area (Å²) < 4.78 is 6.13. The minimum Gasteiger partial charge on any atom is -0.457 e. The Bertz CT molecular complexity index is 886. The van der Waals surface area contributed by atoms with E-state index in [1.165, 1.54) is 11.1 Å². The maximum absolute atomic E-state index is 6.13. The Morgan fingerprint density at radius 2 is 1.96 bits per heavy atom. The van der Waals surface area contributed by atoms with Gasteiger partial charge in [-0.05, 0) is 29.9 Å². The average Bonchev–Trinajstić information content (AvgIpc) is 3.02. The number of pyridine rings is 1. The molecule has 0 unspecified atom stereocenters. The van der Waals surface area contributed by atoms with Crippen LogP contribution in [0.4, 0.5) is 5.82 Å². The third-order valence-electron chi connectivity index (χ3n) is 3.85. The molecule has 0 N–H and O–H groups in total. The molecule has 0 spiro atoms. The van der Waals surface area contributed by atoms with E-state index >= 15 is 0 Å². The van der Waals surface area contributed by atoms with Crippen molar-refractivity contribution >= 4 is 28.4 Å². The number of benzene rings is 2. The molecule has 1 aliphatic rings. The Balaban J connectivity index is 1.67. The molecule has 3 aromatic rings. The van der Waals surface area contributed by atoms with E-state index in [1.54, 1.807) is 18.0 Å². The third kappa shape index (κ3) is 2.78. The highest BCUT2D eigenvalue weighted by Gasteiger charge is 2.15. The van der Waals surface area contributed by atoms with Crippen molar-refractivity contribution < 1.29 is 4.74 Å². The summed E-state index contributed by atoms with van der Waals surface area (Å²) in [6.07, 6.45) is 1.80. The molecule has 0 amide bonds. The number of allylic oxidation sites excluding steroid dienone is 1. The quantitative estimate of drug-likeness (QED) is 0.645. The molecule has 0 atom stereocenters. The van der Waals surface area contributed by atoms with E-state index in [0.717, 1.165) is 28.6 Å². The summed E-state index contributed by atoms with van der Waals surface area (Å²) in [4.78, 5) is 6.65. The van der Waals surface area contributed by atoms with Gasteiger partial charge in [0.1, 0.15) is 17.3 Å². The molecule has 4 heteroatoms. The number of thioether (sulfide) groups is 1. The Morgan fingerprint density at radius 1 is 1.09 bits per heavy atom. The molecule has 2 aromatic carbocycles. The topological polar surface area (TPSA) is 25.4 Å². The van der Waals surface area contributed by atoms with Crippen LogP contribution in [0, 0.1) is 0 Å². The Morgan fingerprint density at radius 3 is 2.83 bits per heavy atom. The van der Waals surface area contributed by atoms with Crippen molar-refractivity contribution in [2.24, 2.45) is 0 Å². The predicted molar refractivity (Wildman–Crippen MR) is 97.0 cm³/mol. The van der Waals surface area contributed by atoms with Crippen molar-refractivity contribution in [3.63, 3.8) is 0 Å². The molecule has 4 rings (SSSR count). The molecule has 3 nitrogen and oxygen atoms in total. The van der Waals surface area contributed by atoms with Crippen LogP contribution in [0.2, 0.25) is 0 Å². The predicted octanol–water partition coefficient (Wildman–Crippen LogP) is 5.40. The van der Waals surface area contributed by atoms with Gasteiger partial charge in [0.15, 0.2) is 0 Å². The van der Waals surface area contributed by atoms with Gasteiger partial charge in [0.2, 0.25) is 0 Å². The summed E-state index contributed by atoms with van der Waals surface area (Å²) >= 11 is 1.78. The van der Waals surface area contributed by atoms with Crippen LogP contribution >= 0.6 is 11.8 Å². The first-order valence-electron chi connectivity index (χ1n) is 7.49. The Labute approximate surface area is 139 Å². The van der Waals surface area contributed by atoms with E-state index in [0.29, 0.717) is 0 Å². The molecule has 114 valence electrons. The molecule has 0 bridgehead atoms. The van der Waals surface area contributed by atoms with Gasteiger partial charge in [0, 0.05) is 23.3 Å². The molecule has 0 aliphatic carbocycles. The zero-order valence-corrected chi connectivity index (χ0v) is 13.6. The van der Waals surface area contributed by atoms with Crippen molar-refractivity contribution in [2.75, 3.05) is 10.8 Å². The lowest BCUT2D eigenvalue weighted by Crippen LogP contribution is -2.16. The molecule has 0 fully saturated rings. The van der Waals surface area contributed by atoms with E-state index < -0.39 is 0 Å². The molecule has 0 saturated carbocycles. The first-order chi connectivity index (χ1) is 11.3. The fourth-order valence-corrected chi connectivity index (χ4v) is 3.60. The van der Waals surface area contributed by atoms with Gasteiger partial charge in [-0.25, -0.2) is 4.98 Å². The third-order valence-corrected chi connectivity index (χ3v) is 4.77. The fraction of sp³-hybridized carbons (Fsp3) is 0.105. The summed E-state index contributed by atoms with van der Waals surface area (Å²) in [7, 11) is 0. The van der Waals surface area contributed by atoms with Crippen LogP contribution in [0.1, 0.15) is 6.92 Å². The highest BCUT2D eigenvalue weighted by molar-refractivity contribution is 8.02. The van der Waals surface area contributed by atoms with Crippen LogP contribution < -0.4 is 9.64 Å². The van der Waals surface area contributed by atoms with Crippen molar-refractivity contribution in [1.82, 2.24) is 4.98 Å². The fourth-order valence-electron chi connectivity index (χ4n) is 2.67. The number of hydrogen-bond acceptors (Lipinski definition) is 4. The normalized spacial score (nSPS) is 14.1. The van der Waals surface area contributed by atoms with Gasteiger partial charge in [-0.2, -0.15) is 0 Å². The molecule has 1 aromatic heterocycles. The summed E-state index contributed by atoms with van der Waals surface area (Å²) in [6.45, 7) is 2.10. The van der Waals surface area contributed by atoms with Crippen molar-refractivity contribution in [3.8, 4) is 11.5 Å². The van der Waals surface area contributed by atoms with Gasteiger partial charge in [-0.3, -0.25) is 0 Å². The van der Waals surface area contributed by atoms with Gasteiger partial charge >= 0.3 is 0 Å². The lowest BCUT2D eigenvalue weighted by atomic mass is 10.1. The Hall–Kier alpha value is -2.46. The zero-order chi connectivity index (χ0) is 15.6. The zero-order valence-electron chi connectivity index (χ0n) is 12.8. The highest BCUT2D eigenvalue weighted by Crippen LogP contribution is 2.33. The van der Waals surface area contributed by atoms with Crippen LogP contribution in [-0.4, -0.2) is 10.9 Å². The van der Waals surface area contributed by atoms with E-state index in [2.05, 4.69) is 40.4 Å². The minimum atomic E-state index is 0.802. The molecule has 1 aliphatic heterocycles. The number of nitrogens with zero attached hydrogens (tertiary/aromatic N) is 2. The molecular weight excluding hydrogens is 304 g/mol. The number of rotatable bonds is 3. The highest BCUT2D eigenvalue weighted by atomic mass is 32.2. The Kier molecular flexibility index (Phi) is 3.67. The van der Waals surface area contributed by atoms with Crippen molar-refractivity contribution in [2.45, 2.75) is 6.92 Å². The van der Waals surface area contributed by atoms with E-state index in [-0.39, 0.29) is 0 Å². The lowest BCUT2D eigenvalue weighted by Gasteiger charge is -2.18. The number of anilines is 1. The van der Waals surface area contributed by atoms with Gasteiger partial charge < -0.3 is 9.64 Å². The lowest BCUT2D eigenvalue weighted by molar-refractivity contribution is 0.487. The summed E-state index contributed by atoms with van der Waals surface area (Å²) in [5.41, 5.74) is 1.21. The van der Waals surface area contributed by atoms with E-state index in [1.807, 2.05) is 36.4 Å². The monoisotopic (exact) mass is 320 g/mol. The van der Waals surface area contributed by atoms with Crippen molar-refractivity contribution in [1.29, 1.82) is 0 Å². The van der Waals surface area contributed by atoms with E-state index in [4.69, 9.17) is 4.74 Å². The first-order valence-corrected chi connectivity index (χ1v) is 8.54. The summed E-state index contributed by atoms with van der Waals surface area (Å²) in [5.74, 6) is 3.48. The maximum Gasteiger partial charge on any atom is 0.137 e. The standard InChI is InChI=1S/C19H16N2OS/c1-14-12-23-13-21(14)19-11-16(9-10-20-19)22-18-8-4-6-15-5-2-3-7-17(15)18/h2-12H,13H2,1H3. The smallest absolute Gasteiger partial charge is 0.137 e. The second-order valence-electron chi connectivity index (χ2n) is 5.41. The van der Waals surface area contributed by atoms with Crippen LogP contribution in [-0.2, 0) is 0 Å². The molecule has 0 radical (unpaired) electrons. The maximum atomic E-state index is 6.13. The molecule has 0 saturated heterocycles. The minimum absolute atomic E-state index is 0.802. The van der Waals surface area contributed by atoms with Gasteiger partial charge in [0.25, 0.3) is 0 Å². The first kappa shape index (κ1) is 14.2. The number of ether oxygens (including phenoxy) is 1. The molecule has 23 heavy (non-hydrogen) atoms. The summed E-state index contributed by atoms with van der Waals surface area (Å²) in [6, 6.07) is 18.2. The molecular formula is C19H16N2OS. The average molecular weight is 320 g/mol. The number of aromatic nitrogens is 1. The second-order valence-corrected chi connectivity index (χ2v) is 6.24.